The molecule has 0 heterocycles. The summed E-state index contributed by atoms with van der Waals surface area (Å²) >= 11 is 0. The molecule has 0 aliphatic rings. The van der Waals surface area contributed by atoms with Gasteiger partial charge in [-0.15, -0.1) is 0 Å². The van der Waals surface area contributed by atoms with Crippen molar-refractivity contribution >= 4 is 27.6 Å². The number of rotatable bonds is 5. The molecule has 8 heteroatoms. The molecule has 0 amide bonds. The first-order valence-electron chi connectivity index (χ1n) is 12.5. The van der Waals surface area contributed by atoms with Crippen LogP contribution >= 0.6 is 0 Å². The number of hydrogen-bond acceptors (Lipinski definition) is 7. The van der Waals surface area contributed by atoms with Crippen molar-refractivity contribution < 1.29 is 32.3 Å². The van der Waals surface area contributed by atoms with Crippen LogP contribution in [0.5, 0.6) is 0 Å². The second kappa shape index (κ2) is 32.8. The van der Waals surface area contributed by atoms with Crippen LogP contribution in [0.4, 0.5) is 0 Å². The van der Waals surface area contributed by atoms with E-state index >= 15 is 0 Å². The van der Waals surface area contributed by atoms with Gasteiger partial charge in [0.1, 0.15) is 21.2 Å². The lowest BCUT2D eigenvalue weighted by Crippen LogP contribution is -2.26. The second-order valence-electron chi connectivity index (χ2n) is 10.7. The summed E-state index contributed by atoms with van der Waals surface area (Å²) in [6.07, 6.45) is 2.50. The summed E-state index contributed by atoms with van der Waals surface area (Å²) in [5.74, 6) is 0.184. The molecule has 0 aromatic carbocycles. The summed E-state index contributed by atoms with van der Waals surface area (Å²) in [7, 11) is -2.74. The highest BCUT2D eigenvalue weighted by molar-refractivity contribution is 7.91. The Morgan fingerprint density at radius 3 is 0.949 bits per heavy atom. The van der Waals surface area contributed by atoms with Crippen molar-refractivity contribution in [3.05, 3.63) is 0 Å². The summed E-state index contributed by atoms with van der Waals surface area (Å²) in [5.41, 5.74) is -0.346. The molecule has 0 spiro atoms. The third-order valence-electron chi connectivity index (χ3n) is 3.37. The van der Waals surface area contributed by atoms with E-state index in [0.717, 1.165) is 0 Å². The van der Waals surface area contributed by atoms with Gasteiger partial charge in [0.25, 0.3) is 0 Å². The molecule has 7 nitrogen and oxygen atoms in total. The fraction of sp³-hybridized carbons (Fsp3) is 0.903. The molecule has 0 aliphatic heterocycles. The Morgan fingerprint density at radius 1 is 0.667 bits per heavy atom. The third kappa shape index (κ3) is 66.8. The average molecular weight is 591 g/mol. The Labute approximate surface area is 247 Å². The van der Waals surface area contributed by atoms with Crippen LogP contribution in [0.3, 0.4) is 0 Å². The third-order valence-corrected chi connectivity index (χ3v) is 5.08. The van der Waals surface area contributed by atoms with E-state index in [1.165, 1.54) is 12.7 Å². The number of carbonyl (C=O) groups excluding carboxylic acids is 3. The zero-order valence-corrected chi connectivity index (χ0v) is 26.7. The first kappa shape index (κ1) is 61.5. The molecule has 246 valence electrons. The number of ketones is 1. The molecule has 0 aromatic heterocycles. The Hall–Kier alpha value is -1.44. The number of esters is 2. The number of Topliss-reactive ketones (excluding diaryl/α,β-unsaturated/α-hetero) is 1. The summed E-state index contributed by atoms with van der Waals surface area (Å²) in [4.78, 5) is 31.8. The first-order valence-corrected chi connectivity index (χ1v) is 14.4. The maximum absolute atomic E-state index is 10.9. The quantitative estimate of drug-likeness (QED) is 0.294. The monoisotopic (exact) mass is 591 g/mol. The van der Waals surface area contributed by atoms with Crippen LogP contribution < -0.4 is 0 Å². The fourth-order valence-corrected chi connectivity index (χ4v) is 0.788. The van der Waals surface area contributed by atoms with Gasteiger partial charge in [0, 0.05) is 12.2 Å². The second-order valence-corrected chi connectivity index (χ2v) is 13.3. The lowest BCUT2D eigenvalue weighted by molar-refractivity contribution is -0.158. The number of sulfone groups is 1. The van der Waals surface area contributed by atoms with Crippen molar-refractivity contribution in [2.75, 3.05) is 6.26 Å². The molecule has 0 aromatic rings. The van der Waals surface area contributed by atoms with Crippen molar-refractivity contribution in [1.82, 2.24) is 0 Å². The molecule has 0 bridgehead atoms. The number of carbonyl (C=O) groups is 3. The normalized spacial score (nSPS) is 9.59. The lowest BCUT2D eigenvalue weighted by atomic mass is 10.1. The molecular formula is C31H74O7S. The Balaban J connectivity index is -0.0000000416. The van der Waals surface area contributed by atoms with Gasteiger partial charge in [0.2, 0.25) is 0 Å². The average Bonchev–Trinajstić information content (AvgIpc) is 2.60. The smallest absolute Gasteiger partial charge is 0.308 e. The van der Waals surface area contributed by atoms with E-state index in [0.29, 0.717) is 0 Å². The van der Waals surface area contributed by atoms with Gasteiger partial charge < -0.3 is 9.47 Å². The van der Waals surface area contributed by atoms with E-state index in [2.05, 4.69) is 13.8 Å². The van der Waals surface area contributed by atoms with Gasteiger partial charge in [-0.1, -0.05) is 91.5 Å². The van der Waals surface area contributed by atoms with Gasteiger partial charge in [-0.3, -0.25) is 14.4 Å². The molecule has 0 aliphatic carbocycles. The first-order chi connectivity index (χ1) is 15.4. The zero-order chi connectivity index (χ0) is 29.7. The highest BCUT2D eigenvalue weighted by Gasteiger charge is 2.18. The fourth-order valence-electron chi connectivity index (χ4n) is 0.788. The molecule has 0 radical (unpaired) electrons. The van der Waals surface area contributed by atoms with Crippen LogP contribution in [0.2, 0.25) is 0 Å². The van der Waals surface area contributed by atoms with E-state index in [9.17, 15) is 22.8 Å². The van der Waals surface area contributed by atoms with Gasteiger partial charge in [0.15, 0.2) is 0 Å². The SMILES string of the molecule is C.C.C.C.CC(=O)C(C)C.CC(C)C(=O)OC(C)(C)C.CC(C)OC(=O)C(C)C.CC(C)S(C)(=O)=O.CCC. The molecule has 0 saturated heterocycles. The Morgan fingerprint density at radius 2 is 0.897 bits per heavy atom. The maximum Gasteiger partial charge on any atom is 0.308 e. The predicted molar refractivity (Wildman–Crippen MR) is 175 cm³/mol. The minimum absolute atomic E-state index is 0. The highest BCUT2D eigenvalue weighted by atomic mass is 32.2. The van der Waals surface area contributed by atoms with Gasteiger partial charge in [-0.05, 0) is 55.4 Å². The van der Waals surface area contributed by atoms with Gasteiger partial charge >= 0.3 is 11.9 Å². The molecule has 0 atom stereocenters. The van der Waals surface area contributed by atoms with Crippen molar-refractivity contribution in [1.29, 1.82) is 0 Å². The van der Waals surface area contributed by atoms with Crippen LogP contribution in [-0.4, -0.2) is 49.4 Å². The van der Waals surface area contributed by atoms with Crippen LogP contribution in [-0.2, 0) is 33.7 Å². The highest BCUT2D eigenvalue weighted by Crippen LogP contribution is 2.10. The molecule has 39 heavy (non-hydrogen) atoms. The summed E-state index contributed by atoms with van der Waals surface area (Å²) in [6.45, 7) is 29.6. The van der Waals surface area contributed by atoms with E-state index < -0.39 is 9.84 Å². The van der Waals surface area contributed by atoms with Crippen molar-refractivity contribution in [3.8, 4) is 0 Å². The molecular weight excluding hydrogens is 516 g/mol. The zero-order valence-electron chi connectivity index (χ0n) is 25.9. The van der Waals surface area contributed by atoms with E-state index in [1.54, 1.807) is 20.8 Å². The number of hydrogen-bond donors (Lipinski definition) is 0. The minimum Gasteiger partial charge on any atom is -0.463 e. The van der Waals surface area contributed by atoms with Crippen molar-refractivity contribution in [3.63, 3.8) is 0 Å². The van der Waals surface area contributed by atoms with Crippen LogP contribution in [0.15, 0.2) is 0 Å². The Bertz CT molecular complexity index is 640. The maximum atomic E-state index is 10.9. The summed E-state index contributed by atoms with van der Waals surface area (Å²) < 4.78 is 30.6. The molecule has 0 rings (SSSR count). The van der Waals surface area contributed by atoms with E-state index in [4.69, 9.17) is 9.47 Å². The van der Waals surface area contributed by atoms with Crippen LogP contribution in [0, 0.1) is 17.8 Å². The topological polar surface area (TPSA) is 104 Å². The predicted octanol–water partition coefficient (Wildman–Crippen LogP) is 9.21. The summed E-state index contributed by atoms with van der Waals surface area (Å²) in [6, 6.07) is 0. The van der Waals surface area contributed by atoms with Crippen LogP contribution in [0.25, 0.3) is 0 Å². The standard InChI is InChI=1S/C8H16O2.C7H14O2.C5H10O.C4H10O2S.C3H8.4CH4/c1-6(2)7(9)10-8(3,4)5;1-5(2)7(8)9-6(3)4;1-4(2)5(3)6;1-4(2)7(3,5)6;1-3-2;;;;/h6H,1-5H3;5-6H,1-4H3;4H,1-3H3;4H,1-3H3;3H2,1-2H3;4*1H4. The molecule has 0 saturated carbocycles. The van der Waals surface area contributed by atoms with Gasteiger partial charge in [-0.2, -0.15) is 0 Å². The summed E-state index contributed by atoms with van der Waals surface area (Å²) in [5, 5.41) is -0.229. The van der Waals surface area contributed by atoms with Gasteiger partial charge in [0.05, 0.1) is 23.2 Å². The van der Waals surface area contributed by atoms with E-state index in [1.807, 2.05) is 76.2 Å². The lowest BCUT2D eigenvalue weighted by Gasteiger charge is -2.20. The Kier molecular flexibility index (Phi) is 51.7. The van der Waals surface area contributed by atoms with Crippen molar-refractivity contribution in [2.45, 2.75) is 164 Å². The number of ether oxygens (including phenoxy) is 2. The van der Waals surface area contributed by atoms with E-state index in [-0.39, 0.29) is 82.1 Å². The van der Waals surface area contributed by atoms with Crippen LogP contribution in [0.1, 0.15) is 147 Å². The molecule has 0 unspecified atom stereocenters. The largest absolute Gasteiger partial charge is 0.463 e. The minimum atomic E-state index is -2.74. The molecule has 0 N–H and O–H groups in total. The van der Waals surface area contributed by atoms with Crippen molar-refractivity contribution in [2.24, 2.45) is 17.8 Å². The van der Waals surface area contributed by atoms with Gasteiger partial charge in [-0.25, -0.2) is 8.42 Å². The molecule has 0 fully saturated rings.